The summed E-state index contributed by atoms with van der Waals surface area (Å²) in [5.74, 6) is 1.42. The van der Waals surface area contributed by atoms with Crippen LogP contribution in [0.5, 0.6) is 0 Å². The second-order valence-electron chi connectivity index (χ2n) is 3.72. The van der Waals surface area contributed by atoms with E-state index in [2.05, 4.69) is 36.2 Å². The minimum atomic E-state index is 0.677. The topological polar surface area (TPSA) is 50.7 Å². The summed E-state index contributed by atoms with van der Waals surface area (Å²) >= 11 is 3.50. The van der Waals surface area contributed by atoms with Gasteiger partial charge in [0.25, 0.3) is 0 Å². The lowest BCUT2D eigenvalue weighted by Crippen LogP contribution is -1.96. The highest BCUT2D eigenvalue weighted by atomic mass is 79.9. The van der Waals surface area contributed by atoms with Crippen molar-refractivity contribution in [3.63, 3.8) is 0 Å². The molecule has 0 aliphatic carbocycles. The number of fused-ring (bicyclic) bond motifs is 1. The Balaban J connectivity index is 2.01. The molecule has 0 aliphatic rings. The highest BCUT2D eigenvalue weighted by Crippen LogP contribution is 2.24. The predicted molar refractivity (Wildman–Crippen MR) is 74.8 cm³/mol. The molecule has 0 radical (unpaired) electrons. The molecule has 2 heterocycles. The van der Waals surface area contributed by atoms with Gasteiger partial charge in [-0.15, -0.1) is 0 Å². The quantitative estimate of drug-likeness (QED) is 0.786. The zero-order chi connectivity index (χ0) is 12.4. The summed E-state index contributed by atoms with van der Waals surface area (Å²) in [6.45, 7) is 0. The molecular formula is C13H9BrN4. The van der Waals surface area contributed by atoms with Crippen LogP contribution in [0, 0.1) is 0 Å². The molecule has 3 aromatic rings. The summed E-state index contributed by atoms with van der Waals surface area (Å²) in [7, 11) is 0. The second kappa shape index (κ2) is 4.70. The Bertz CT molecular complexity index is 685. The van der Waals surface area contributed by atoms with Gasteiger partial charge in [-0.25, -0.2) is 9.97 Å². The number of pyridine rings is 1. The van der Waals surface area contributed by atoms with Crippen LogP contribution in [0.2, 0.25) is 0 Å². The van der Waals surface area contributed by atoms with Crippen molar-refractivity contribution in [2.75, 3.05) is 5.32 Å². The van der Waals surface area contributed by atoms with E-state index in [0.717, 1.165) is 21.2 Å². The fourth-order valence-electron chi connectivity index (χ4n) is 1.68. The molecule has 0 atom stereocenters. The van der Waals surface area contributed by atoms with Crippen LogP contribution in [0.15, 0.2) is 53.4 Å². The molecule has 1 aromatic carbocycles. The number of para-hydroxylation sites is 1. The number of nitrogens with one attached hydrogen (secondary N) is 1. The van der Waals surface area contributed by atoms with Crippen LogP contribution in [0.4, 0.5) is 11.6 Å². The number of hydrogen-bond acceptors (Lipinski definition) is 4. The van der Waals surface area contributed by atoms with Gasteiger partial charge in [-0.1, -0.05) is 12.1 Å². The van der Waals surface area contributed by atoms with Gasteiger partial charge in [0.05, 0.1) is 11.7 Å². The van der Waals surface area contributed by atoms with Crippen molar-refractivity contribution in [3.05, 3.63) is 53.4 Å². The van der Waals surface area contributed by atoms with Crippen LogP contribution >= 0.6 is 15.9 Å². The Morgan fingerprint density at radius 3 is 2.78 bits per heavy atom. The molecule has 2 aromatic heterocycles. The smallest absolute Gasteiger partial charge is 0.150 e. The molecule has 0 amide bonds. The van der Waals surface area contributed by atoms with E-state index in [-0.39, 0.29) is 0 Å². The van der Waals surface area contributed by atoms with Gasteiger partial charge in [0.2, 0.25) is 0 Å². The van der Waals surface area contributed by atoms with Crippen LogP contribution in [-0.2, 0) is 0 Å². The fourth-order valence-corrected chi connectivity index (χ4v) is 2.15. The van der Waals surface area contributed by atoms with Gasteiger partial charge in [-0.2, -0.15) is 0 Å². The van der Waals surface area contributed by atoms with Crippen molar-refractivity contribution < 1.29 is 0 Å². The summed E-state index contributed by atoms with van der Waals surface area (Å²) in [5, 5.41) is 4.21. The van der Waals surface area contributed by atoms with Crippen molar-refractivity contribution >= 4 is 38.5 Å². The average molecular weight is 301 g/mol. The molecule has 0 saturated heterocycles. The molecule has 0 aliphatic heterocycles. The molecule has 18 heavy (non-hydrogen) atoms. The van der Waals surface area contributed by atoms with Crippen LogP contribution in [0.1, 0.15) is 0 Å². The molecule has 5 heteroatoms. The molecule has 4 nitrogen and oxygen atoms in total. The Morgan fingerprint density at radius 1 is 1.00 bits per heavy atom. The van der Waals surface area contributed by atoms with E-state index in [9.17, 15) is 0 Å². The maximum atomic E-state index is 4.54. The molecule has 0 bridgehead atoms. The van der Waals surface area contributed by atoms with Gasteiger partial charge in [0.15, 0.2) is 0 Å². The molecule has 0 saturated carbocycles. The third kappa shape index (κ3) is 2.17. The molecule has 0 unspecified atom stereocenters. The van der Waals surface area contributed by atoms with Crippen molar-refractivity contribution in [1.82, 2.24) is 15.0 Å². The maximum absolute atomic E-state index is 4.54. The molecule has 3 rings (SSSR count). The number of benzene rings is 1. The Labute approximate surface area is 112 Å². The van der Waals surface area contributed by atoms with Crippen molar-refractivity contribution in [3.8, 4) is 0 Å². The average Bonchev–Trinajstić information content (AvgIpc) is 2.41. The van der Waals surface area contributed by atoms with Gasteiger partial charge in [0, 0.05) is 22.3 Å². The number of aromatic nitrogens is 3. The van der Waals surface area contributed by atoms with Gasteiger partial charge in [-0.05, 0) is 34.1 Å². The van der Waals surface area contributed by atoms with Crippen LogP contribution in [-0.4, -0.2) is 15.0 Å². The Kier molecular flexibility index (Phi) is 2.90. The minimum absolute atomic E-state index is 0.677. The number of halogens is 1. The Morgan fingerprint density at radius 2 is 1.94 bits per heavy atom. The van der Waals surface area contributed by atoms with Crippen LogP contribution in [0.3, 0.4) is 0 Å². The third-order valence-corrected chi connectivity index (χ3v) is 3.13. The lowest BCUT2D eigenvalue weighted by atomic mass is 10.2. The van der Waals surface area contributed by atoms with E-state index >= 15 is 0 Å². The molecule has 88 valence electrons. The fraction of sp³-hybridized carbons (Fsp3) is 0. The lowest BCUT2D eigenvalue weighted by Gasteiger charge is -2.06. The molecule has 0 fully saturated rings. The normalized spacial score (nSPS) is 10.5. The number of rotatable bonds is 2. The first kappa shape index (κ1) is 11.1. The van der Waals surface area contributed by atoms with Gasteiger partial charge in [-0.3, -0.25) is 4.98 Å². The first-order valence-corrected chi connectivity index (χ1v) is 6.20. The first-order valence-electron chi connectivity index (χ1n) is 5.41. The zero-order valence-electron chi connectivity index (χ0n) is 9.34. The first-order chi connectivity index (χ1) is 8.83. The molecular weight excluding hydrogens is 292 g/mol. The van der Waals surface area contributed by atoms with E-state index in [4.69, 9.17) is 0 Å². The standard InChI is InChI=1S/C13H9BrN4/c14-10-3-1-2-9-4-5-11(18-13(9)10)17-12-8-15-6-7-16-12/h1-8H,(H,16,17,18). The SMILES string of the molecule is Brc1cccc2ccc(Nc3cnccn3)nc12. The van der Waals surface area contributed by atoms with Crippen LogP contribution < -0.4 is 5.32 Å². The second-order valence-corrected chi connectivity index (χ2v) is 4.58. The number of nitrogens with zero attached hydrogens (tertiary/aromatic N) is 3. The molecule has 1 N–H and O–H groups in total. The third-order valence-electron chi connectivity index (χ3n) is 2.49. The van der Waals surface area contributed by atoms with Gasteiger partial charge >= 0.3 is 0 Å². The molecule has 0 spiro atoms. The van der Waals surface area contributed by atoms with E-state index in [1.165, 1.54) is 0 Å². The maximum Gasteiger partial charge on any atom is 0.150 e. The lowest BCUT2D eigenvalue weighted by molar-refractivity contribution is 1.19. The monoisotopic (exact) mass is 300 g/mol. The van der Waals surface area contributed by atoms with E-state index in [1.54, 1.807) is 18.6 Å². The zero-order valence-corrected chi connectivity index (χ0v) is 10.9. The van der Waals surface area contributed by atoms with E-state index in [0.29, 0.717) is 5.82 Å². The summed E-state index contributed by atoms with van der Waals surface area (Å²) in [4.78, 5) is 12.7. The Hall–Kier alpha value is -2.01. The largest absolute Gasteiger partial charge is 0.324 e. The highest BCUT2D eigenvalue weighted by molar-refractivity contribution is 9.10. The number of anilines is 2. The van der Waals surface area contributed by atoms with Crippen molar-refractivity contribution in [2.45, 2.75) is 0 Å². The highest BCUT2D eigenvalue weighted by Gasteiger charge is 2.02. The van der Waals surface area contributed by atoms with Crippen molar-refractivity contribution in [1.29, 1.82) is 0 Å². The van der Waals surface area contributed by atoms with Gasteiger partial charge < -0.3 is 5.32 Å². The van der Waals surface area contributed by atoms with Gasteiger partial charge in [0.1, 0.15) is 11.6 Å². The van der Waals surface area contributed by atoms with E-state index < -0.39 is 0 Å². The number of hydrogen-bond donors (Lipinski definition) is 1. The summed E-state index contributed by atoms with van der Waals surface area (Å²) in [6.07, 6.45) is 4.93. The minimum Gasteiger partial charge on any atom is -0.324 e. The van der Waals surface area contributed by atoms with Crippen molar-refractivity contribution in [2.24, 2.45) is 0 Å². The summed E-state index contributed by atoms with van der Waals surface area (Å²) in [6, 6.07) is 9.93. The summed E-state index contributed by atoms with van der Waals surface area (Å²) in [5.41, 5.74) is 0.923. The van der Waals surface area contributed by atoms with Crippen LogP contribution in [0.25, 0.3) is 10.9 Å². The van der Waals surface area contributed by atoms with E-state index in [1.807, 2.05) is 30.3 Å². The summed E-state index contributed by atoms with van der Waals surface area (Å²) < 4.78 is 0.975. The predicted octanol–water partition coefficient (Wildman–Crippen LogP) is 3.53.